The number of benzene rings is 2. The Hall–Kier alpha value is -4.25. The van der Waals surface area contributed by atoms with Gasteiger partial charge in [0.25, 0.3) is 20.1 Å². The lowest BCUT2D eigenvalue weighted by Gasteiger charge is -2.24. The zero-order chi connectivity index (χ0) is 27.4. The summed E-state index contributed by atoms with van der Waals surface area (Å²) in [6.45, 7) is 0. The van der Waals surface area contributed by atoms with Crippen molar-refractivity contribution in [3.05, 3.63) is 59.2 Å². The van der Waals surface area contributed by atoms with Gasteiger partial charge in [-0.1, -0.05) is 29.9 Å². The third-order valence-electron chi connectivity index (χ3n) is 5.32. The van der Waals surface area contributed by atoms with Gasteiger partial charge in [0.2, 0.25) is 0 Å². The number of rotatable bonds is 3. The molecule has 0 bridgehead atoms. The van der Waals surface area contributed by atoms with Gasteiger partial charge in [-0.05, 0) is 65.8 Å². The van der Waals surface area contributed by atoms with Crippen LogP contribution in [0.3, 0.4) is 0 Å². The van der Waals surface area contributed by atoms with E-state index < -0.39 is 37.3 Å². The number of hydrogen-bond donors (Lipinski definition) is 5. The van der Waals surface area contributed by atoms with Gasteiger partial charge in [0, 0.05) is 28.4 Å². The SMILES string of the molecule is Nc1cc(C#CC#CS(N)(=O)=O)cc(-c2ccc(N)cc2C#CC2=CC[C@H](C(=O)O)[C@H](S(=O)(=O)O)C2)c1. The van der Waals surface area contributed by atoms with E-state index in [4.69, 9.17) is 16.6 Å². The predicted molar refractivity (Wildman–Crippen MR) is 139 cm³/mol. The van der Waals surface area contributed by atoms with Crippen LogP contribution in [0.1, 0.15) is 24.0 Å². The molecule has 0 radical (unpaired) electrons. The number of nitrogens with two attached hydrogens (primary N) is 3. The smallest absolute Gasteiger partial charge is 0.308 e. The number of carboxylic acid groups (broad SMARTS) is 1. The molecule has 0 spiro atoms. The average Bonchev–Trinajstić information content (AvgIpc) is 2.79. The Morgan fingerprint density at radius 1 is 0.946 bits per heavy atom. The van der Waals surface area contributed by atoms with Crippen molar-refractivity contribution >= 4 is 37.5 Å². The molecule has 2 aromatic carbocycles. The molecule has 37 heavy (non-hydrogen) atoms. The number of sulfonamides is 1. The molecule has 1 aliphatic rings. The Kier molecular flexibility index (Phi) is 7.97. The zero-order valence-corrected chi connectivity index (χ0v) is 20.7. The molecule has 0 aromatic heterocycles. The molecule has 3 rings (SSSR count). The van der Waals surface area contributed by atoms with Gasteiger partial charge in [0.15, 0.2) is 0 Å². The highest BCUT2D eigenvalue weighted by atomic mass is 32.2. The Labute approximate surface area is 214 Å². The summed E-state index contributed by atoms with van der Waals surface area (Å²) in [7, 11) is -8.59. The fraction of sp³-hybridized carbons (Fsp3) is 0.160. The van der Waals surface area contributed by atoms with E-state index in [-0.39, 0.29) is 12.8 Å². The van der Waals surface area contributed by atoms with Gasteiger partial charge >= 0.3 is 5.97 Å². The lowest BCUT2D eigenvalue weighted by atomic mass is 9.89. The molecule has 2 aromatic rings. The molecule has 2 atom stereocenters. The molecule has 0 fully saturated rings. The Balaban J connectivity index is 2.01. The largest absolute Gasteiger partial charge is 0.481 e. The third-order valence-corrected chi connectivity index (χ3v) is 6.97. The fourth-order valence-electron chi connectivity index (χ4n) is 3.68. The summed E-state index contributed by atoms with van der Waals surface area (Å²) in [4.78, 5) is 11.4. The van der Waals surface area contributed by atoms with Crippen LogP contribution < -0.4 is 16.6 Å². The number of carboxylic acids is 1. The van der Waals surface area contributed by atoms with Gasteiger partial charge in [-0.15, -0.1) is 0 Å². The standard InChI is InChI=1S/C25H21N3O7S2/c26-20-7-9-22(19-11-17(12-21(27)15-19)3-1-2-10-36(28,31)32)18(14-20)6-4-16-5-8-23(25(29)30)24(13-16)37(33,34)35/h5,7,9,11-12,14-15,23-24H,8,13,26-27H2,(H,29,30)(H2,28,31,32)(H,33,34,35)/t23-,24+/m0/s1. The van der Waals surface area contributed by atoms with E-state index in [0.717, 1.165) is 0 Å². The van der Waals surface area contributed by atoms with Crippen LogP contribution in [-0.2, 0) is 24.9 Å². The van der Waals surface area contributed by atoms with Crippen LogP contribution in [0.2, 0.25) is 0 Å². The van der Waals surface area contributed by atoms with Gasteiger partial charge in [-0.2, -0.15) is 16.8 Å². The molecular formula is C25H21N3O7S2. The first-order valence-electron chi connectivity index (χ1n) is 10.5. The molecule has 0 saturated heterocycles. The van der Waals surface area contributed by atoms with Crippen molar-refractivity contribution < 1.29 is 31.3 Å². The van der Waals surface area contributed by atoms with E-state index in [2.05, 4.69) is 29.6 Å². The molecular weight excluding hydrogens is 518 g/mol. The van der Waals surface area contributed by atoms with Gasteiger partial charge in [-0.25, -0.2) is 5.14 Å². The Morgan fingerprint density at radius 3 is 2.32 bits per heavy atom. The molecule has 0 aliphatic heterocycles. The highest BCUT2D eigenvalue weighted by molar-refractivity contribution is 7.93. The van der Waals surface area contributed by atoms with E-state index in [1.54, 1.807) is 36.4 Å². The van der Waals surface area contributed by atoms with Crippen molar-refractivity contribution in [3.8, 4) is 46.0 Å². The van der Waals surface area contributed by atoms with Crippen LogP contribution in [0.4, 0.5) is 11.4 Å². The van der Waals surface area contributed by atoms with Crippen LogP contribution in [0, 0.1) is 40.8 Å². The summed E-state index contributed by atoms with van der Waals surface area (Å²) in [5.41, 5.74) is 15.3. The molecule has 10 nitrogen and oxygen atoms in total. The molecule has 190 valence electrons. The van der Waals surface area contributed by atoms with E-state index in [9.17, 15) is 31.3 Å². The van der Waals surface area contributed by atoms with Crippen molar-refractivity contribution in [2.24, 2.45) is 11.1 Å². The summed E-state index contributed by atoms with van der Waals surface area (Å²) < 4.78 is 54.8. The molecule has 0 amide bonds. The maximum atomic E-state index is 11.7. The second-order valence-corrected chi connectivity index (χ2v) is 11.0. The van der Waals surface area contributed by atoms with Gasteiger partial charge in [-0.3, -0.25) is 9.35 Å². The molecule has 0 unspecified atom stereocenters. The van der Waals surface area contributed by atoms with Crippen LogP contribution in [-0.4, -0.2) is 37.7 Å². The number of primary sulfonamides is 1. The molecule has 0 saturated carbocycles. The number of allylic oxidation sites excluding steroid dienone is 2. The summed E-state index contributed by atoms with van der Waals surface area (Å²) in [5.74, 6) is 10.4. The van der Waals surface area contributed by atoms with Gasteiger partial charge in [0.05, 0.1) is 11.2 Å². The number of hydrogen-bond acceptors (Lipinski definition) is 7. The maximum Gasteiger partial charge on any atom is 0.308 e. The van der Waals surface area contributed by atoms with Crippen LogP contribution >= 0.6 is 0 Å². The van der Waals surface area contributed by atoms with Crippen LogP contribution in [0.15, 0.2) is 48.0 Å². The van der Waals surface area contributed by atoms with Crippen molar-refractivity contribution in [1.82, 2.24) is 0 Å². The molecule has 12 heteroatoms. The minimum absolute atomic E-state index is 0.0980. The number of carbonyl (C=O) groups is 1. The predicted octanol–water partition coefficient (Wildman–Crippen LogP) is 1.15. The van der Waals surface area contributed by atoms with E-state index >= 15 is 0 Å². The average molecular weight is 540 g/mol. The maximum absolute atomic E-state index is 11.7. The summed E-state index contributed by atoms with van der Waals surface area (Å²) >= 11 is 0. The highest BCUT2D eigenvalue weighted by Crippen LogP contribution is 2.31. The van der Waals surface area contributed by atoms with Gasteiger partial charge < -0.3 is 16.6 Å². The monoisotopic (exact) mass is 539 g/mol. The topological polar surface area (TPSA) is 204 Å². The summed E-state index contributed by atoms with van der Waals surface area (Å²) in [6.07, 6.45) is 1.19. The molecule has 0 heterocycles. The zero-order valence-electron chi connectivity index (χ0n) is 19.1. The Morgan fingerprint density at radius 2 is 1.68 bits per heavy atom. The number of aliphatic carboxylic acids is 1. The van der Waals surface area contributed by atoms with Crippen molar-refractivity contribution in [3.63, 3.8) is 0 Å². The van der Waals surface area contributed by atoms with Crippen molar-refractivity contribution in [2.75, 3.05) is 11.5 Å². The quantitative estimate of drug-likeness (QED) is 0.215. The number of nitrogen functional groups attached to an aromatic ring is 2. The third kappa shape index (κ3) is 7.61. The van der Waals surface area contributed by atoms with E-state index in [1.807, 2.05) is 5.25 Å². The second kappa shape index (κ2) is 10.8. The minimum atomic E-state index is -4.61. The second-order valence-electron chi connectivity index (χ2n) is 8.09. The summed E-state index contributed by atoms with van der Waals surface area (Å²) in [6, 6.07) is 9.90. The highest BCUT2D eigenvalue weighted by Gasteiger charge is 2.39. The first-order valence-corrected chi connectivity index (χ1v) is 13.5. The first kappa shape index (κ1) is 27.3. The van der Waals surface area contributed by atoms with Crippen LogP contribution in [0.25, 0.3) is 11.1 Å². The van der Waals surface area contributed by atoms with E-state index in [1.165, 1.54) is 6.08 Å². The Bertz CT molecular complexity index is 1710. The normalized spacial score (nSPS) is 17.1. The van der Waals surface area contributed by atoms with Gasteiger partial charge in [0.1, 0.15) is 5.25 Å². The first-order chi connectivity index (χ1) is 17.2. The summed E-state index contributed by atoms with van der Waals surface area (Å²) in [5, 5.41) is 14.4. The molecule has 1 aliphatic carbocycles. The van der Waals surface area contributed by atoms with Crippen LogP contribution in [0.5, 0.6) is 0 Å². The lowest BCUT2D eigenvalue weighted by molar-refractivity contribution is -0.141. The fourth-order valence-corrected chi connectivity index (χ4v) is 4.91. The lowest BCUT2D eigenvalue weighted by Crippen LogP contribution is -2.36. The minimum Gasteiger partial charge on any atom is -0.481 e. The van der Waals surface area contributed by atoms with Crippen molar-refractivity contribution in [2.45, 2.75) is 18.1 Å². The number of anilines is 2. The van der Waals surface area contributed by atoms with Crippen molar-refractivity contribution in [1.29, 1.82) is 0 Å². The van der Waals surface area contributed by atoms with E-state index in [0.29, 0.717) is 39.2 Å². The molecule has 8 N–H and O–H groups in total.